The summed E-state index contributed by atoms with van der Waals surface area (Å²) in [5.74, 6) is -1.46. The van der Waals surface area contributed by atoms with Crippen LogP contribution in [0, 0.1) is 17.2 Å². The van der Waals surface area contributed by atoms with Crippen molar-refractivity contribution in [2.75, 3.05) is 9.96 Å². The van der Waals surface area contributed by atoms with Crippen LogP contribution in [0.3, 0.4) is 0 Å². The molecule has 0 spiro atoms. The normalized spacial score (nSPS) is 23.7. The first-order valence-electron chi connectivity index (χ1n) is 11.3. The standard InChI is InChI=1S/C26H20ClN3O3S/c27-16-10-12-17(13-11-16)30-22(15-6-2-1-3-7-15)21-23(33-30)25(32)29(24(21)31)26-19(14-28)18-8-4-5-9-20(18)34-26/h1-3,6-7,10-13,21-23H,4-5,8-9H2/t21-,22-,23-/m1/s1. The van der Waals surface area contributed by atoms with Crippen LogP contribution >= 0.6 is 22.9 Å². The minimum atomic E-state index is -0.959. The lowest BCUT2D eigenvalue weighted by molar-refractivity contribution is -0.126. The predicted octanol–water partition coefficient (Wildman–Crippen LogP) is 5.20. The molecule has 2 fully saturated rings. The van der Waals surface area contributed by atoms with Crippen molar-refractivity contribution in [3.05, 3.63) is 81.2 Å². The van der Waals surface area contributed by atoms with E-state index in [2.05, 4.69) is 6.07 Å². The summed E-state index contributed by atoms with van der Waals surface area (Å²) in [5.41, 5.74) is 3.05. The van der Waals surface area contributed by atoms with Crippen LogP contribution in [0.1, 0.15) is 40.5 Å². The number of nitriles is 1. The van der Waals surface area contributed by atoms with Crippen LogP contribution in [0.2, 0.25) is 5.02 Å². The number of thiophene rings is 1. The molecule has 6 nitrogen and oxygen atoms in total. The molecule has 34 heavy (non-hydrogen) atoms. The Hall–Kier alpha value is -3.18. The summed E-state index contributed by atoms with van der Waals surface area (Å²) in [6, 6.07) is 18.5. The zero-order valence-electron chi connectivity index (χ0n) is 18.1. The molecule has 2 saturated heterocycles. The number of anilines is 2. The first kappa shape index (κ1) is 21.4. The third-order valence-electron chi connectivity index (χ3n) is 6.81. The average molecular weight is 490 g/mol. The Bertz CT molecular complexity index is 1330. The fourth-order valence-electron chi connectivity index (χ4n) is 5.24. The third-order valence-corrected chi connectivity index (χ3v) is 8.33. The van der Waals surface area contributed by atoms with Crippen molar-refractivity contribution in [2.24, 2.45) is 5.92 Å². The Labute approximate surface area is 205 Å². The van der Waals surface area contributed by atoms with Crippen molar-refractivity contribution >= 4 is 45.4 Å². The van der Waals surface area contributed by atoms with E-state index in [0.717, 1.165) is 41.7 Å². The van der Waals surface area contributed by atoms with Crippen LogP contribution in [0.15, 0.2) is 54.6 Å². The number of rotatable bonds is 3. The lowest BCUT2D eigenvalue weighted by Gasteiger charge is -2.28. The summed E-state index contributed by atoms with van der Waals surface area (Å²) in [6.07, 6.45) is 2.80. The Balaban J connectivity index is 1.43. The number of nitrogens with zero attached hydrogens (tertiary/aromatic N) is 3. The maximum Gasteiger partial charge on any atom is 0.267 e. The molecule has 3 aromatic rings. The molecular weight excluding hydrogens is 470 g/mol. The van der Waals surface area contributed by atoms with Gasteiger partial charge >= 0.3 is 0 Å². The zero-order chi connectivity index (χ0) is 23.4. The molecule has 3 atom stereocenters. The quantitative estimate of drug-likeness (QED) is 0.472. The van der Waals surface area contributed by atoms with Gasteiger partial charge in [0.25, 0.3) is 5.91 Å². The lowest BCUT2D eigenvalue weighted by Crippen LogP contribution is -2.37. The van der Waals surface area contributed by atoms with Crippen LogP contribution in [-0.2, 0) is 27.3 Å². The lowest BCUT2D eigenvalue weighted by atomic mass is 9.90. The highest BCUT2D eigenvalue weighted by Crippen LogP contribution is 2.50. The molecule has 1 aliphatic carbocycles. The molecule has 6 rings (SSSR count). The van der Waals surface area contributed by atoms with E-state index in [4.69, 9.17) is 16.4 Å². The molecule has 0 radical (unpaired) electrons. The van der Waals surface area contributed by atoms with Crippen molar-refractivity contribution in [3.8, 4) is 6.07 Å². The van der Waals surface area contributed by atoms with Crippen LogP contribution in [0.4, 0.5) is 10.7 Å². The highest BCUT2D eigenvalue weighted by atomic mass is 35.5. The van der Waals surface area contributed by atoms with Crippen molar-refractivity contribution in [1.82, 2.24) is 0 Å². The summed E-state index contributed by atoms with van der Waals surface area (Å²) in [6.45, 7) is 0. The second-order valence-electron chi connectivity index (χ2n) is 8.72. The minimum Gasteiger partial charge on any atom is -0.273 e. The first-order chi connectivity index (χ1) is 16.6. The molecule has 3 heterocycles. The number of halogens is 1. The van der Waals surface area contributed by atoms with Gasteiger partial charge in [0.05, 0.1) is 17.3 Å². The summed E-state index contributed by atoms with van der Waals surface area (Å²) in [4.78, 5) is 36.0. The zero-order valence-corrected chi connectivity index (χ0v) is 19.7. The molecule has 3 aliphatic rings. The number of benzene rings is 2. The van der Waals surface area contributed by atoms with Gasteiger partial charge < -0.3 is 0 Å². The summed E-state index contributed by atoms with van der Waals surface area (Å²) in [7, 11) is 0. The van der Waals surface area contributed by atoms with E-state index in [1.807, 2.05) is 42.5 Å². The van der Waals surface area contributed by atoms with Crippen molar-refractivity contribution in [2.45, 2.75) is 37.8 Å². The number of hydroxylamine groups is 1. The molecule has 2 aliphatic heterocycles. The van der Waals surface area contributed by atoms with Crippen molar-refractivity contribution < 1.29 is 14.4 Å². The Morgan fingerprint density at radius 2 is 1.74 bits per heavy atom. The Morgan fingerprint density at radius 1 is 1.00 bits per heavy atom. The molecule has 8 heteroatoms. The largest absolute Gasteiger partial charge is 0.273 e. The molecule has 2 aromatic carbocycles. The van der Waals surface area contributed by atoms with Gasteiger partial charge in [0.15, 0.2) is 6.10 Å². The van der Waals surface area contributed by atoms with E-state index in [0.29, 0.717) is 21.3 Å². The SMILES string of the molecule is N#Cc1c(N2C(=O)[C@@H]3[C@@H](c4ccccc4)N(c4ccc(Cl)cc4)O[C@H]3C2=O)sc2c1CCCC2. The van der Waals surface area contributed by atoms with Gasteiger partial charge in [0.1, 0.15) is 17.0 Å². The maximum atomic E-state index is 13.9. The number of aryl methyl sites for hydroxylation is 1. The van der Waals surface area contributed by atoms with E-state index in [1.165, 1.54) is 16.2 Å². The van der Waals surface area contributed by atoms with E-state index in [1.54, 1.807) is 17.2 Å². The van der Waals surface area contributed by atoms with E-state index >= 15 is 0 Å². The van der Waals surface area contributed by atoms with Crippen LogP contribution in [0.25, 0.3) is 0 Å². The number of carbonyl (C=O) groups is 2. The van der Waals surface area contributed by atoms with Gasteiger partial charge in [-0.25, -0.2) is 9.96 Å². The summed E-state index contributed by atoms with van der Waals surface area (Å²) >= 11 is 7.48. The number of amides is 2. The average Bonchev–Trinajstić information content (AvgIpc) is 3.50. The number of imide groups is 1. The maximum absolute atomic E-state index is 13.9. The summed E-state index contributed by atoms with van der Waals surface area (Å²) < 4.78 is 0. The van der Waals surface area contributed by atoms with E-state index < -0.39 is 24.0 Å². The monoisotopic (exact) mass is 489 g/mol. The highest BCUT2D eigenvalue weighted by Gasteiger charge is 2.61. The number of fused-ring (bicyclic) bond motifs is 2. The smallest absolute Gasteiger partial charge is 0.267 e. The minimum absolute atomic E-state index is 0.324. The highest BCUT2D eigenvalue weighted by molar-refractivity contribution is 7.17. The second-order valence-corrected chi connectivity index (χ2v) is 10.2. The fraction of sp³-hybridized carbons (Fsp3) is 0.269. The van der Waals surface area contributed by atoms with Crippen LogP contribution in [0.5, 0.6) is 0 Å². The van der Waals surface area contributed by atoms with Crippen molar-refractivity contribution in [3.63, 3.8) is 0 Å². The van der Waals surface area contributed by atoms with Gasteiger partial charge in [0, 0.05) is 9.90 Å². The predicted molar refractivity (Wildman–Crippen MR) is 130 cm³/mol. The van der Waals surface area contributed by atoms with Gasteiger partial charge in [-0.15, -0.1) is 11.3 Å². The molecule has 0 N–H and O–H groups in total. The van der Waals surface area contributed by atoms with Gasteiger partial charge in [-0.1, -0.05) is 41.9 Å². The van der Waals surface area contributed by atoms with Crippen LogP contribution in [-0.4, -0.2) is 17.9 Å². The molecule has 170 valence electrons. The fourth-order valence-corrected chi connectivity index (χ4v) is 6.72. The van der Waals surface area contributed by atoms with Crippen molar-refractivity contribution in [1.29, 1.82) is 5.26 Å². The Morgan fingerprint density at radius 3 is 2.47 bits per heavy atom. The van der Waals surface area contributed by atoms with Gasteiger partial charge in [-0.3, -0.25) is 14.4 Å². The van der Waals surface area contributed by atoms with Gasteiger partial charge in [0.2, 0.25) is 5.91 Å². The molecule has 0 unspecified atom stereocenters. The van der Waals surface area contributed by atoms with E-state index in [-0.39, 0.29) is 5.91 Å². The van der Waals surface area contributed by atoms with Gasteiger partial charge in [-0.05, 0) is 61.1 Å². The number of carbonyl (C=O) groups excluding carboxylic acids is 2. The summed E-state index contributed by atoms with van der Waals surface area (Å²) in [5, 5.41) is 12.6. The van der Waals surface area contributed by atoms with Gasteiger partial charge in [-0.2, -0.15) is 5.26 Å². The molecule has 2 amide bonds. The molecule has 0 saturated carbocycles. The molecule has 0 bridgehead atoms. The third kappa shape index (κ3) is 3.17. The second kappa shape index (κ2) is 8.24. The number of hydrogen-bond acceptors (Lipinski definition) is 6. The van der Waals surface area contributed by atoms with E-state index in [9.17, 15) is 14.9 Å². The van der Waals surface area contributed by atoms with Crippen LogP contribution < -0.4 is 9.96 Å². The number of hydrogen-bond donors (Lipinski definition) is 0. The Kier molecular flexibility index (Phi) is 5.18. The topological polar surface area (TPSA) is 73.6 Å². The molecule has 1 aromatic heterocycles. The first-order valence-corrected chi connectivity index (χ1v) is 12.5. The molecular formula is C26H20ClN3O3S.